The molecular formula is C19H18F4N2O2. The predicted molar refractivity (Wildman–Crippen MR) is 93.4 cm³/mol. The Morgan fingerprint density at radius 3 is 2.56 bits per heavy atom. The molecule has 0 aliphatic heterocycles. The molecule has 0 aliphatic rings. The number of nitrogens with zero attached hydrogens (tertiary/aromatic N) is 2. The van der Waals surface area contributed by atoms with Gasteiger partial charge in [-0.15, -0.1) is 0 Å². The third-order valence-electron chi connectivity index (χ3n) is 3.75. The van der Waals surface area contributed by atoms with Crippen molar-refractivity contribution in [1.82, 2.24) is 4.90 Å². The van der Waals surface area contributed by atoms with E-state index in [4.69, 9.17) is 4.74 Å². The predicted octanol–water partition coefficient (Wildman–Crippen LogP) is 4.81. The standard InChI is InChI=1S/C19H18F4N2O2/c1-3-25(2)12-24-14-8-9-15(16(10-14)19(21,22)23)18(26)27-11-13-6-4-5-7-17(13)20/h4-10,12H,3,11H2,1-2H3/b24-12+. The largest absolute Gasteiger partial charge is 0.457 e. The molecule has 0 heterocycles. The Balaban J connectivity index is 2.25. The zero-order valence-corrected chi connectivity index (χ0v) is 14.8. The van der Waals surface area contributed by atoms with E-state index in [9.17, 15) is 22.4 Å². The van der Waals surface area contributed by atoms with Gasteiger partial charge < -0.3 is 9.64 Å². The van der Waals surface area contributed by atoms with Gasteiger partial charge in [0, 0.05) is 19.2 Å². The van der Waals surface area contributed by atoms with Crippen LogP contribution in [0.5, 0.6) is 0 Å². The highest BCUT2D eigenvalue weighted by Crippen LogP contribution is 2.35. The number of carbonyl (C=O) groups is 1. The van der Waals surface area contributed by atoms with E-state index in [1.165, 1.54) is 36.7 Å². The lowest BCUT2D eigenvalue weighted by atomic mass is 10.1. The number of aliphatic imine (C=N–C) groups is 1. The smallest absolute Gasteiger partial charge is 0.417 e. The van der Waals surface area contributed by atoms with Crippen molar-refractivity contribution < 1.29 is 27.1 Å². The summed E-state index contributed by atoms with van der Waals surface area (Å²) in [6.07, 6.45) is -3.37. The lowest BCUT2D eigenvalue weighted by Gasteiger charge is -2.14. The summed E-state index contributed by atoms with van der Waals surface area (Å²) in [4.78, 5) is 17.8. The number of carbonyl (C=O) groups excluding carboxylic acids is 1. The minimum atomic E-state index is -4.77. The van der Waals surface area contributed by atoms with Crippen molar-refractivity contribution in [2.75, 3.05) is 13.6 Å². The molecule has 144 valence electrons. The molecule has 0 unspecified atom stereocenters. The first-order valence-electron chi connectivity index (χ1n) is 8.08. The van der Waals surface area contributed by atoms with Gasteiger partial charge in [0.05, 0.1) is 23.2 Å². The van der Waals surface area contributed by atoms with Crippen molar-refractivity contribution in [3.63, 3.8) is 0 Å². The Morgan fingerprint density at radius 2 is 1.93 bits per heavy atom. The molecule has 0 aromatic heterocycles. The Morgan fingerprint density at radius 1 is 1.22 bits per heavy atom. The fourth-order valence-electron chi connectivity index (χ4n) is 2.11. The summed E-state index contributed by atoms with van der Waals surface area (Å²) in [5.41, 5.74) is -1.69. The Bertz CT molecular complexity index is 835. The molecule has 0 saturated carbocycles. The quantitative estimate of drug-likeness (QED) is 0.312. The number of hydrogen-bond acceptors (Lipinski definition) is 3. The van der Waals surface area contributed by atoms with Crippen LogP contribution in [0.2, 0.25) is 0 Å². The van der Waals surface area contributed by atoms with E-state index in [0.29, 0.717) is 6.54 Å². The SMILES string of the molecule is CCN(C)/C=N/c1ccc(C(=O)OCc2ccccc2F)c(C(F)(F)F)c1. The number of esters is 1. The highest BCUT2D eigenvalue weighted by molar-refractivity contribution is 5.92. The van der Waals surface area contributed by atoms with Crippen molar-refractivity contribution in [1.29, 1.82) is 0 Å². The molecule has 0 N–H and O–H groups in total. The van der Waals surface area contributed by atoms with Gasteiger partial charge in [-0.1, -0.05) is 18.2 Å². The maximum Gasteiger partial charge on any atom is 0.417 e. The van der Waals surface area contributed by atoms with Crippen molar-refractivity contribution in [2.24, 2.45) is 4.99 Å². The van der Waals surface area contributed by atoms with Crippen LogP contribution in [0.15, 0.2) is 47.5 Å². The van der Waals surface area contributed by atoms with Gasteiger partial charge >= 0.3 is 12.1 Å². The molecule has 0 saturated heterocycles. The molecule has 0 atom stereocenters. The van der Waals surface area contributed by atoms with E-state index in [1.54, 1.807) is 11.9 Å². The number of halogens is 4. The molecule has 0 bridgehead atoms. The first-order chi connectivity index (χ1) is 12.7. The summed E-state index contributed by atoms with van der Waals surface area (Å²) in [6.45, 7) is 2.03. The Kier molecular flexibility index (Phi) is 6.55. The average Bonchev–Trinajstić information content (AvgIpc) is 2.64. The minimum absolute atomic E-state index is 0.0493. The second-order valence-electron chi connectivity index (χ2n) is 5.71. The number of benzene rings is 2. The summed E-state index contributed by atoms with van der Waals surface area (Å²) in [6, 6.07) is 8.62. The van der Waals surface area contributed by atoms with Crippen molar-refractivity contribution in [2.45, 2.75) is 19.7 Å². The molecule has 0 aliphatic carbocycles. The van der Waals surface area contributed by atoms with Crippen LogP contribution < -0.4 is 0 Å². The normalized spacial score (nSPS) is 11.6. The Hall–Kier alpha value is -2.90. The van der Waals surface area contributed by atoms with Crippen LogP contribution in [0.1, 0.15) is 28.4 Å². The lowest BCUT2D eigenvalue weighted by Crippen LogP contribution is -2.16. The maximum absolute atomic E-state index is 13.6. The number of alkyl halides is 3. The van der Waals surface area contributed by atoms with Gasteiger partial charge in [-0.05, 0) is 31.2 Å². The van der Waals surface area contributed by atoms with Crippen LogP contribution in [0.3, 0.4) is 0 Å². The van der Waals surface area contributed by atoms with Gasteiger partial charge in [-0.2, -0.15) is 13.2 Å². The fraction of sp³-hybridized carbons (Fsp3) is 0.263. The molecule has 0 spiro atoms. The third kappa shape index (κ3) is 5.54. The zero-order chi connectivity index (χ0) is 20.0. The maximum atomic E-state index is 13.6. The van der Waals surface area contributed by atoms with Crippen LogP contribution >= 0.6 is 0 Å². The van der Waals surface area contributed by atoms with Crippen molar-refractivity contribution in [3.8, 4) is 0 Å². The van der Waals surface area contributed by atoms with E-state index in [1.807, 2.05) is 6.92 Å². The van der Waals surface area contributed by atoms with Gasteiger partial charge in [0.15, 0.2) is 0 Å². The molecule has 2 aromatic carbocycles. The van der Waals surface area contributed by atoms with Crippen LogP contribution in [-0.4, -0.2) is 30.8 Å². The van der Waals surface area contributed by atoms with Gasteiger partial charge in [0.25, 0.3) is 0 Å². The average molecular weight is 382 g/mol. The third-order valence-corrected chi connectivity index (χ3v) is 3.75. The van der Waals surface area contributed by atoms with E-state index >= 15 is 0 Å². The summed E-state index contributed by atoms with van der Waals surface area (Å²) >= 11 is 0. The highest BCUT2D eigenvalue weighted by Gasteiger charge is 2.36. The molecule has 2 rings (SSSR count). The van der Waals surface area contributed by atoms with E-state index in [0.717, 1.165) is 12.1 Å². The topological polar surface area (TPSA) is 41.9 Å². The molecule has 27 heavy (non-hydrogen) atoms. The highest BCUT2D eigenvalue weighted by atomic mass is 19.4. The monoisotopic (exact) mass is 382 g/mol. The second-order valence-corrected chi connectivity index (χ2v) is 5.71. The number of rotatable bonds is 6. The van der Waals surface area contributed by atoms with E-state index in [-0.39, 0.29) is 11.3 Å². The summed E-state index contributed by atoms with van der Waals surface area (Å²) in [5.74, 6) is -1.79. The lowest BCUT2D eigenvalue weighted by molar-refractivity contribution is -0.138. The summed E-state index contributed by atoms with van der Waals surface area (Å²) < 4.78 is 58.5. The van der Waals surface area contributed by atoms with Crippen LogP contribution in [-0.2, 0) is 17.5 Å². The molecule has 4 nitrogen and oxygen atoms in total. The fourth-order valence-corrected chi connectivity index (χ4v) is 2.11. The first-order valence-corrected chi connectivity index (χ1v) is 8.08. The molecule has 2 aromatic rings. The van der Waals surface area contributed by atoms with Gasteiger partial charge in [0.2, 0.25) is 0 Å². The summed E-state index contributed by atoms with van der Waals surface area (Å²) in [5, 5.41) is 0. The molecule has 8 heteroatoms. The van der Waals surface area contributed by atoms with Gasteiger partial charge in [-0.3, -0.25) is 0 Å². The number of hydrogen-bond donors (Lipinski definition) is 0. The van der Waals surface area contributed by atoms with Crippen molar-refractivity contribution >= 4 is 18.0 Å². The number of ether oxygens (including phenoxy) is 1. The van der Waals surface area contributed by atoms with Crippen LogP contribution in [0.4, 0.5) is 23.2 Å². The van der Waals surface area contributed by atoms with Gasteiger partial charge in [0.1, 0.15) is 12.4 Å². The zero-order valence-electron chi connectivity index (χ0n) is 14.8. The minimum Gasteiger partial charge on any atom is -0.457 e. The van der Waals surface area contributed by atoms with E-state index < -0.39 is 35.7 Å². The molecule has 0 amide bonds. The molecule has 0 fully saturated rings. The first kappa shape index (κ1) is 20.4. The van der Waals surface area contributed by atoms with Crippen LogP contribution in [0, 0.1) is 5.82 Å². The van der Waals surface area contributed by atoms with E-state index in [2.05, 4.69) is 4.99 Å². The van der Waals surface area contributed by atoms with Crippen molar-refractivity contribution in [3.05, 3.63) is 65.0 Å². The molecule has 0 radical (unpaired) electrons. The Labute approximate surface area is 154 Å². The summed E-state index contributed by atoms with van der Waals surface area (Å²) in [7, 11) is 1.72. The van der Waals surface area contributed by atoms with Crippen LogP contribution in [0.25, 0.3) is 0 Å². The molecular weight excluding hydrogens is 364 g/mol. The second kappa shape index (κ2) is 8.66. The van der Waals surface area contributed by atoms with Gasteiger partial charge in [-0.25, -0.2) is 14.2 Å².